The monoisotopic (exact) mass is 885 g/mol. The minimum Gasteiger partial charge on any atom is -0.457 e. The molecule has 0 aromatic rings. The number of quaternary nitrogens is 1. The molecule has 2 unspecified atom stereocenters. The van der Waals surface area contributed by atoms with Gasteiger partial charge in [-0.2, -0.15) is 0 Å². The number of nitrogens with zero attached hydrogens (tertiary/aromatic N) is 1. The Morgan fingerprint density at radius 2 is 0.902 bits per heavy atom. The molecular formula is C52H103NO7P+. The molecule has 0 saturated heterocycles. The summed E-state index contributed by atoms with van der Waals surface area (Å²) >= 11 is 0. The fourth-order valence-electron chi connectivity index (χ4n) is 7.47. The Bertz CT molecular complexity index is 1030. The van der Waals surface area contributed by atoms with Gasteiger partial charge in [-0.3, -0.25) is 13.8 Å². The molecule has 9 heteroatoms. The maximum absolute atomic E-state index is 12.8. The first-order valence-corrected chi connectivity index (χ1v) is 27.6. The molecule has 0 amide bonds. The van der Waals surface area contributed by atoms with Gasteiger partial charge in [-0.1, -0.05) is 218 Å². The molecule has 0 aromatic heterocycles. The van der Waals surface area contributed by atoms with Crippen molar-refractivity contribution in [2.75, 3.05) is 54.1 Å². The lowest BCUT2D eigenvalue weighted by molar-refractivity contribution is -0.870. The van der Waals surface area contributed by atoms with Crippen LogP contribution in [-0.2, 0) is 27.9 Å². The molecule has 0 heterocycles. The topological polar surface area (TPSA) is 91.3 Å². The van der Waals surface area contributed by atoms with E-state index in [1.807, 2.05) is 21.1 Å². The fourth-order valence-corrected chi connectivity index (χ4v) is 8.21. The average molecular weight is 885 g/mol. The van der Waals surface area contributed by atoms with Gasteiger partial charge in [0.2, 0.25) is 0 Å². The molecule has 0 fully saturated rings. The summed E-state index contributed by atoms with van der Waals surface area (Å²) in [6.45, 7) is 5.65. The Morgan fingerprint density at radius 1 is 0.508 bits per heavy atom. The number of rotatable bonds is 49. The van der Waals surface area contributed by atoms with Crippen molar-refractivity contribution in [3.63, 3.8) is 0 Å². The number of hydrogen-bond acceptors (Lipinski definition) is 6. The van der Waals surface area contributed by atoms with Crippen molar-refractivity contribution in [1.82, 2.24) is 0 Å². The normalized spacial score (nSPS) is 13.7. The third kappa shape index (κ3) is 49.8. The minimum absolute atomic E-state index is 0.0897. The highest BCUT2D eigenvalue weighted by Gasteiger charge is 2.26. The first-order valence-electron chi connectivity index (χ1n) is 26.1. The maximum atomic E-state index is 12.8. The van der Waals surface area contributed by atoms with Crippen LogP contribution in [0.5, 0.6) is 0 Å². The van der Waals surface area contributed by atoms with E-state index in [0.717, 1.165) is 38.5 Å². The zero-order chi connectivity index (χ0) is 44.8. The molecule has 1 N–H and O–H groups in total. The van der Waals surface area contributed by atoms with Gasteiger partial charge in [-0.05, 0) is 44.9 Å². The van der Waals surface area contributed by atoms with E-state index in [0.29, 0.717) is 24.1 Å². The van der Waals surface area contributed by atoms with Gasteiger partial charge in [-0.25, -0.2) is 4.57 Å². The molecular weight excluding hydrogens is 782 g/mol. The highest BCUT2D eigenvalue weighted by molar-refractivity contribution is 7.47. The molecule has 0 bridgehead atoms. The van der Waals surface area contributed by atoms with Crippen LogP contribution in [0.3, 0.4) is 0 Å². The van der Waals surface area contributed by atoms with Crippen molar-refractivity contribution in [2.45, 2.75) is 251 Å². The molecule has 0 rings (SSSR count). The van der Waals surface area contributed by atoms with Crippen molar-refractivity contribution in [1.29, 1.82) is 0 Å². The van der Waals surface area contributed by atoms with Crippen molar-refractivity contribution in [3.8, 4) is 0 Å². The van der Waals surface area contributed by atoms with Gasteiger partial charge in [0.05, 0.1) is 34.4 Å². The third-order valence-corrected chi connectivity index (χ3v) is 12.5. The van der Waals surface area contributed by atoms with Crippen LogP contribution in [0.1, 0.15) is 245 Å². The van der Waals surface area contributed by atoms with Gasteiger partial charge >= 0.3 is 13.8 Å². The quantitative estimate of drug-likeness (QED) is 0.0214. The Hall–Kier alpha value is -1.02. The van der Waals surface area contributed by atoms with Crippen LogP contribution < -0.4 is 0 Å². The van der Waals surface area contributed by atoms with Crippen LogP contribution in [0.2, 0.25) is 0 Å². The largest absolute Gasteiger partial charge is 0.472 e. The van der Waals surface area contributed by atoms with Gasteiger partial charge in [-0.15, -0.1) is 0 Å². The second-order valence-corrected chi connectivity index (χ2v) is 20.4. The maximum Gasteiger partial charge on any atom is 0.472 e. The molecule has 0 spiro atoms. The number of unbranched alkanes of at least 4 members (excludes halogenated alkanes) is 31. The lowest BCUT2D eigenvalue weighted by atomic mass is 10.0. The van der Waals surface area contributed by atoms with Crippen molar-refractivity contribution < 1.29 is 37.3 Å². The van der Waals surface area contributed by atoms with Gasteiger partial charge in [0.1, 0.15) is 19.3 Å². The second-order valence-electron chi connectivity index (χ2n) is 18.9. The Labute approximate surface area is 379 Å². The summed E-state index contributed by atoms with van der Waals surface area (Å²) in [5.41, 5.74) is 0. The molecule has 8 nitrogen and oxygen atoms in total. The number of likely N-dealkylation sites (N-methyl/N-ethyl adjacent to an activating group) is 1. The molecule has 0 radical (unpaired) electrons. The predicted molar refractivity (Wildman–Crippen MR) is 261 cm³/mol. The first-order chi connectivity index (χ1) is 29.6. The number of ether oxygens (including phenoxy) is 2. The minimum atomic E-state index is -4.28. The van der Waals surface area contributed by atoms with Crippen LogP contribution in [0, 0.1) is 0 Å². The molecule has 0 aromatic carbocycles. The SMILES string of the molecule is CCCCCC/C=C\C/C=C\CCCCCCCCCCOCC(COP(=O)(O)OCC[N+](C)(C)C)OC(=O)CCCCCCCCCCCCCCCCCCCCCC. The Balaban J connectivity index is 4.12. The molecule has 0 saturated carbocycles. The van der Waals surface area contributed by atoms with Crippen LogP contribution in [0.15, 0.2) is 24.3 Å². The van der Waals surface area contributed by atoms with E-state index >= 15 is 0 Å². The molecule has 0 aliphatic carbocycles. The van der Waals surface area contributed by atoms with E-state index in [4.69, 9.17) is 18.5 Å². The van der Waals surface area contributed by atoms with E-state index in [1.165, 1.54) is 186 Å². The van der Waals surface area contributed by atoms with Crippen LogP contribution >= 0.6 is 7.82 Å². The van der Waals surface area contributed by atoms with E-state index in [2.05, 4.69) is 38.2 Å². The average Bonchev–Trinajstić information content (AvgIpc) is 3.22. The summed E-state index contributed by atoms with van der Waals surface area (Å²) in [5.74, 6) is -0.310. The number of carbonyl (C=O) groups is 1. The van der Waals surface area contributed by atoms with E-state index in [9.17, 15) is 14.3 Å². The number of hydrogen-bond donors (Lipinski definition) is 1. The molecule has 2 atom stereocenters. The lowest BCUT2D eigenvalue weighted by Crippen LogP contribution is -2.37. The van der Waals surface area contributed by atoms with Gasteiger partial charge in [0.25, 0.3) is 0 Å². The second kappa shape index (κ2) is 45.5. The van der Waals surface area contributed by atoms with Crippen molar-refractivity contribution >= 4 is 13.8 Å². The highest BCUT2D eigenvalue weighted by Crippen LogP contribution is 2.43. The predicted octanol–water partition coefficient (Wildman–Crippen LogP) is 16.0. The molecule has 0 aliphatic heterocycles. The van der Waals surface area contributed by atoms with Crippen molar-refractivity contribution in [2.24, 2.45) is 0 Å². The van der Waals surface area contributed by atoms with E-state index < -0.39 is 13.9 Å². The van der Waals surface area contributed by atoms with Crippen LogP contribution in [-0.4, -0.2) is 75.6 Å². The van der Waals surface area contributed by atoms with Crippen LogP contribution in [0.4, 0.5) is 0 Å². The summed E-state index contributed by atoms with van der Waals surface area (Å²) in [6.07, 6.45) is 53.6. The molecule has 61 heavy (non-hydrogen) atoms. The first kappa shape index (κ1) is 60.0. The van der Waals surface area contributed by atoms with Gasteiger partial charge in [0.15, 0.2) is 0 Å². The fraction of sp³-hybridized carbons (Fsp3) is 0.904. The summed E-state index contributed by atoms with van der Waals surface area (Å²) in [7, 11) is 1.68. The Morgan fingerprint density at radius 3 is 1.34 bits per heavy atom. The summed E-state index contributed by atoms with van der Waals surface area (Å²) in [4.78, 5) is 23.0. The number of carbonyl (C=O) groups excluding carboxylic acids is 1. The number of phosphoric acid groups is 1. The summed E-state index contributed by atoms with van der Waals surface area (Å²) in [5, 5.41) is 0. The van der Waals surface area contributed by atoms with Gasteiger partial charge < -0.3 is 18.9 Å². The Kier molecular flexibility index (Phi) is 44.8. The zero-order valence-electron chi connectivity index (χ0n) is 41.2. The lowest BCUT2D eigenvalue weighted by Gasteiger charge is -2.24. The summed E-state index contributed by atoms with van der Waals surface area (Å²) in [6, 6.07) is 0. The number of phosphoric ester groups is 1. The zero-order valence-corrected chi connectivity index (χ0v) is 42.1. The third-order valence-electron chi connectivity index (χ3n) is 11.5. The van der Waals surface area contributed by atoms with E-state index in [-0.39, 0.29) is 25.8 Å². The van der Waals surface area contributed by atoms with Gasteiger partial charge in [0, 0.05) is 13.0 Å². The number of allylic oxidation sites excluding steroid dienone is 4. The number of esters is 1. The van der Waals surface area contributed by atoms with Crippen molar-refractivity contribution in [3.05, 3.63) is 24.3 Å². The summed E-state index contributed by atoms with van der Waals surface area (Å²) < 4.78 is 35.2. The van der Waals surface area contributed by atoms with E-state index in [1.54, 1.807) is 0 Å². The smallest absolute Gasteiger partial charge is 0.457 e. The standard InChI is InChI=1S/C52H102NO7P/c1-6-8-10-12-14-16-18-20-22-24-26-27-29-31-33-35-37-39-41-43-45-52(54)60-51(50-59-61(55,56)58-48-46-53(3,4)5)49-57-47-44-42-40-38-36-34-32-30-28-25-23-21-19-17-15-13-11-9-7-2/h17,19,23,25,51H,6-16,18,20-22,24,26-50H2,1-5H3/p+1/b19-17-,25-23-. The molecule has 0 aliphatic rings. The highest BCUT2D eigenvalue weighted by atomic mass is 31.2. The molecule has 362 valence electrons. The van der Waals surface area contributed by atoms with Crippen LogP contribution in [0.25, 0.3) is 0 Å².